The average Bonchev–Trinajstić information content (AvgIpc) is 3.19. The van der Waals surface area contributed by atoms with Crippen molar-refractivity contribution in [3.63, 3.8) is 0 Å². The summed E-state index contributed by atoms with van der Waals surface area (Å²) in [6, 6.07) is 30.2. The molecule has 4 nitrogen and oxygen atoms in total. The maximum atomic E-state index is 4.74. The maximum absolute atomic E-state index is 4.74. The van der Waals surface area contributed by atoms with Crippen LogP contribution >= 0.6 is 0 Å². The van der Waals surface area contributed by atoms with E-state index in [9.17, 15) is 0 Å². The van der Waals surface area contributed by atoms with E-state index in [1.54, 1.807) is 0 Å². The Kier molecular flexibility index (Phi) is 3.72. The molecule has 4 heteroatoms. The highest BCUT2D eigenvalue weighted by Crippen LogP contribution is 2.26. The number of rotatable bonds is 3. The number of nitrogens with zero attached hydrogens (tertiary/aromatic N) is 3. The first-order chi connectivity index (χ1) is 13.4. The van der Waals surface area contributed by atoms with Crippen LogP contribution < -0.4 is 0 Å². The Hall–Kier alpha value is -3.79. The van der Waals surface area contributed by atoms with Crippen molar-refractivity contribution in [2.24, 2.45) is 0 Å². The van der Waals surface area contributed by atoms with Gasteiger partial charge >= 0.3 is 0 Å². The van der Waals surface area contributed by atoms with Crippen LogP contribution in [0.3, 0.4) is 0 Å². The summed E-state index contributed by atoms with van der Waals surface area (Å²) >= 11 is 0. The van der Waals surface area contributed by atoms with E-state index in [1.165, 1.54) is 0 Å². The smallest absolute Gasteiger partial charge is 0.180 e. The van der Waals surface area contributed by atoms with Gasteiger partial charge < -0.3 is 4.98 Å². The van der Waals surface area contributed by atoms with E-state index in [0.29, 0.717) is 17.5 Å². The van der Waals surface area contributed by atoms with Gasteiger partial charge in [0.15, 0.2) is 17.5 Å². The second-order valence-corrected chi connectivity index (χ2v) is 6.31. The van der Waals surface area contributed by atoms with Crippen LogP contribution in [0.25, 0.3) is 45.2 Å². The summed E-state index contributed by atoms with van der Waals surface area (Å²) in [7, 11) is 0. The van der Waals surface area contributed by atoms with Crippen molar-refractivity contribution in [3.8, 4) is 34.3 Å². The second-order valence-electron chi connectivity index (χ2n) is 6.31. The lowest BCUT2D eigenvalue weighted by atomic mass is 10.2. The fourth-order valence-electron chi connectivity index (χ4n) is 3.12. The molecule has 5 aromatic rings. The maximum Gasteiger partial charge on any atom is 0.180 e. The van der Waals surface area contributed by atoms with Crippen LogP contribution in [0.1, 0.15) is 0 Å². The molecule has 0 aliphatic heterocycles. The van der Waals surface area contributed by atoms with Gasteiger partial charge in [0.25, 0.3) is 0 Å². The molecule has 0 amide bonds. The van der Waals surface area contributed by atoms with Crippen LogP contribution in [0.5, 0.6) is 0 Å². The minimum absolute atomic E-state index is 0.638. The van der Waals surface area contributed by atoms with E-state index in [1.807, 2.05) is 72.8 Å². The normalized spacial score (nSPS) is 11.0. The van der Waals surface area contributed by atoms with E-state index in [-0.39, 0.29) is 0 Å². The van der Waals surface area contributed by atoms with Crippen LogP contribution in [-0.2, 0) is 0 Å². The molecule has 1 N–H and O–H groups in total. The molecule has 0 bridgehead atoms. The summed E-state index contributed by atoms with van der Waals surface area (Å²) in [6.45, 7) is 0. The molecule has 0 saturated carbocycles. The highest BCUT2D eigenvalue weighted by Gasteiger charge is 2.13. The first-order valence-corrected chi connectivity index (χ1v) is 8.82. The molecule has 0 spiro atoms. The van der Waals surface area contributed by atoms with E-state index in [2.05, 4.69) is 23.2 Å². The molecule has 0 saturated heterocycles. The zero-order valence-corrected chi connectivity index (χ0v) is 14.5. The van der Waals surface area contributed by atoms with Gasteiger partial charge in [0.05, 0.1) is 5.69 Å². The summed E-state index contributed by atoms with van der Waals surface area (Å²) in [5.74, 6) is 1.97. The van der Waals surface area contributed by atoms with Crippen LogP contribution in [0.2, 0.25) is 0 Å². The number of aromatic nitrogens is 4. The van der Waals surface area contributed by atoms with Gasteiger partial charge in [0.2, 0.25) is 0 Å². The number of aromatic amines is 1. The molecule has 0 radical (unpaired) electrons. The van der Waals surface area contributed by atoms with Crippen molar-refractivity contribution < 1.29 is 0 Å². The molecule has 2 heterocycles. The Bertz CT molecular complexity index is 1120. The largest absolute Gasteiger partial charge is 0.352 e. The molecule has 0 aliphatic rings. The summed E-state index contributed by atoms with van der Waals surface area (Å²) in [6.07, 6.45) is 0. The molecule has 3 aromatic carbocycles. The lowest BCUT2D eigenvalue weighted by Gasteiger charge is -2.07. The minimum Gasteiger partial charge on any atom is -0.352 e. The lowest BCUT2D eigenvalue weighted by Crippen LogP contribution is -2.00. The van der Waals surface area contributed by atoms with Gasteiger partial charge in [-0.25, -0.2) is 15.0 Å². The topological polar surface area (TPSA) is 54.5 Å². The van der Waals surface area contributed by atoms with E-state index < -0.39 is 0 Å². The molecule has 0 unspecified atom stereocenters. The molecule has 5 rings (SSSR count). The Morgan fingerprint density at radius 1 is 0.519 bits per heavy atom. The number of fused-ring (bicyclic) bond motifs is 1. The quantitative estimate of drug-likeness (QED) is 0.478. The van der Waals surface area contributed by atoms with Crippen LogP contribution in [0.4, 0.5) is 0 Å². The Morgan fingerprint density at radius 3 is 1.63 bits per heavy atom. The highest BCUT2D eigenvalue weighted by atomic mass is 15.0. The highest BCUT2D eigenvalue weighted by molar-refractivity contribution is 5.85. The molecular weight excluding hydrogens is 332 g/mol. The summed E-state index contributed by atoms with van der Waals surface area (Å²) in [5.41, 5.74) is 3.88. The van der Waals surface area contributed by atoms with E-state index >= 15 is 0 Å². The predicted molar refractivity (Wildman–Crippen MR) is 108 cm³/mol. The lowest BCUT2D eigenvalue weighted by molar-refractivity contribution is 1.07. The van der Waals surface area contributed by atoms with Gasteiger partial charge in [-0.1, -0.05) is 78.9 Å². The van der Waals surface area contributed by atoms with Crippen molar-refractivity contribution in [1.29, 1.82) is 0 Å². The molecule has 0 fully saturated rings. The molecule has 27 heavy (non-hydrogen) atoms. The van der Waals surface area contributed by atoms with Crippen molar-refractivity contribution in [3.05, 3.63) is 91.0 Å². The van der Waals surface area contributed by atoms with Gasteiger partial charge in [-0.2, -0.15) is 0 Å². The summed E-state index contributed by atoms with van der Waals surface area (Å²) in [5, 5.41) is 1.13. The Morgan fingerprint density at radius 2 is 1.04 bits per heavy atom. The SMILES string of the molecule is c1ccc(-c2nc(-c3ccccc3)nc(-c3cc4ccccc4[nH]3)n2)cc1. The number of hydrogen-bond acceptors (Lipinski definition) is 3. The first-order valence-electron chi connectivity index (χ1n) is 8.82. The van der Waals surface area contributed by atoms with Gasteiger partial charge in [-0.05, 0) is 12.1 Å². The molecule has 128 valence electrons. The number of para-hydroxylation sites is 1. The predicted octanol–water partition coefficient (Wildman–Crippen LogP) is 5.35. The molecule has 2 aromatic heterocycles. The van der Waals surface area contributed by atoms with Crippen molar-refractivity contribution in [1.82, 2.24) is 19.9 Å². The zero-order chi connectivity index (χ0) is 18.1. The summed E-state index contributed by atoms with van der Waals surface area (Å²) < 4.78 is 0. The first kappa shape index (κ1) is 15.5. The van der Waals surface area contributed by atoms with Gasteiger partial charge in [-0.15, -0.1) is 0 Å². The van der Waals surface area contributed by atoms with E-state index in [4.69, 9.17) is 15.0 Å². The standard InChI is InChI=1S/C23H16N4/c1-3-9-16(10-4-1)21-25-22(17-11-5-2-6-12-17)27-23(26-21)20-15-18-13-7-8-14-19(18)24-20/h1-15,24H. The molecule has 0 atom stereocenters. The average molecular weight is 348 g/mol. The van der Waals surface area contributed by atoms with Gasteiger partial charge in [0.1, 0.15) is 0 Å². The fraction of sp³-hybridized carbons (Fsp3) is 0. The van der Waals surface area contributed by atoms with Crippen LogP contribution in [0, 0.1) is 0 Å². The van der Waals surface area contributed by atoms with Crippen molar-refractivity contribution in [2.45, 2.75) is 0 Å². The third kappa shape index (κ3) is 2.98. The zero-order valence-electron chi connectivity index (χ0n) is 14.5. The third-order valence-corrected chi connectivity index (χ3v) is 4.47. The van der Waals surface area contributed by atoms with Gasteiger partial charge in [0, 0.05) is 22.0 Å². The third-order valence-electron chi connectivity index (χ3n) is 4.47. The van der Waals surface area contributed by atoms with Crippen LogP contribution in [0.15, 0.2) is 91.0 Å². The van der Waals surface area contributed by atoms with Crippen molar-refractivity contribution >= 4 is 10.9 Å². The number of hydrogen-bond donors (Lipinski definition) is 1. The number of benzene rings is 3. The number of H-pyrrole nitrogens is 1. The monoisotopic (exact) mass is 348 g/mol. The van der Waals surface area contributed by atoms with E-state index in [0.717, 1.165) is 27.7 Å². The fourth-order valence-corrected chi connectivity index (χ4v) is 3.12. The van der Waals surface area contributed by atoms with Gasteiger partial charge in [-0.3, -0.25) is 0 Å². The number of nitrogens with one attached hydrogen (secondary N) is 1. The molecule has 0 aliphatic carbocycles. The molecular formula is C23H16N4. The van der Waals surface area contributed by atoms with Crippen molar-refractivity contribution in [2.75, 3.05) is 0 Å². The second kappa shape index (κ2) is 6.50. The summed E-state index contributed by atoms with van der Waals surface area (Å²) in [4.78, 5) is 17.6. The minimum atomic E-state index is 0.638. The van der Waals surface area contributed by atoms with Crippen LogP contribution in [-0.4, -0.2) is 19.9 Å². The Labute approximate surface area is 156 Å². The Balaban J connectivity index is 1.72.